The van der Waals surface area contributed by atoms with E-state index in [1.54, 1.807) is 36.9 Å². The molecule has 0 unspecified atom stereocenters. The summed E-state index contributed by atoms with van der Waals surface area (Å²) in [6, 6.07) is 32.0. The number of rotatable bonds is 17. The molecule has 6 amide bonds. The summed E-state index contributed by atoms with van der Waals surface area (Å²) in [5.41, 5.74) is 5.38. The Labute approximate surface area is 672 Å². The lowest BCUT2D eigenvalue weighted by molar-refractivity contribution is -0.152. The summed E-state index contributed by atoms with van der Waals surface area (Å²) in [4.78, 5) is 98.5. The molecule has 0 radical (unpaired) electrons. The van der Waals surface area contributed by atoms with Crippen molar-refractivity contribution < 1.29 is 33.2 Å². The smallest absolute Gasteiger partial charge is 0.249 e. The highest BCUT2D eigenvalue weighted by atomic mass is 19.1. The van der Waals surface area contributed by atoms with Gasteiger partial charge in [-0.15, -0.1) is 20.4 Å². The number of alkyl halides is 1. The van der Waals surface area contributed by atoms with E-state index in [4.69, 9.17) is 15.8 Å². The summed E-state index contributed by atoms with van der Waals surface area (Å²) in [5.74, 6) is 3.03. The molecule has 604 valence electrons. The Morgan fingerprint density at radius 2 is 0.767 bits per heavy atom. The van der Waals surface area contributed by atoms with E-state index < -0.39 is 11.1 Å². The van der Waals surface area contributed by atoms with Gasteiger partial charge in [0.15, 0.2) is 28.3 Å². The number of anilines is 4. The number of pyridine rings is 4. The highest BCUT2D eigenvalue weighted by Gasteiger charge is 2.54. The van der Waals surface area contributed by atoms with Crippen molar-refractivity contribution in [2.24, 2.45) is 50.7 Å². The number of carbonyl (C=O) groups is 6. The van der Waals surface area contributed by atoms with Crippen LogP contribution in [0, 0.1) is 96.1 Å². The monoisotopic (exact) mass is 1570 g/mol. The molecule has 0 aromatic carbocycles. The molecular formula is C85H101FN24O6. The largest absolute Gasteiger partial charge is 0.341 e. The number of amides is 6. The third-order valence-electron chi connectivity index (χ3n) is 27.1. The van der Waals surface area contributed by atoms with Crippen LogP contribution in [0.15, 0.2) is 72.8 Å². The quantitative estimate of drug-likeness (QED) is 0.0615. The second-order valence-electron chi connectivity index (χ2n) is 36.3. The Morgan fingerprint density at radius 3 is 1.13 bits per heavy atom. The Hall–Kier alpha value is -10.9. The van der Waals surface area contributed by atoms with E-state index in [2.05, 4.69) is 108 Å². The minimum absolute atomic E-state index is 0.0146. The van der Waals surface area contributed by atoms with Crippen molar-refractivity contribution >= 4 is 81.8 Å². The van der Waals surface area contributed by atoms with Gasteiger partial charge < -0.3 is 14.7 Å². The molecule has 0 bridgehead atoms. The molecule has 31 heteroatoms. The summed E-state index contributed by atoms with van der Waals surface area (Å²) in [5, 5.41) is 64.9. The van der Waals surface area contributed by atoms with Gasteiger partial charge in [-0.2, -0.15) is 41.0 Å². The molecule has 12 aliphatic rings. The maximum Gasteiger partial charge on any atom is 0.249 e. The van der Waals surface area contributed by atoms with Crippen LogP contribution in [0.2, 0.25) is 0 Å². The third kappa shape index (κ3) is 16.4. The summed E-state index contributed by atoms with van der Waals surface area (Å²) in [7, 11) is 0. The molecule has 4 N–H and O–H groups in total. The molecule has 20 rings (SSSR count). The van der Waals surface area contributed by atoms with Crippen molar-refractivity contribution in [2.45, 2.75) is 204 Å². The molecule has 4 saturated heterocycles. The summed E-state index contributed by atoms with van der Waals surface area (Å²) >= 11 is 0. The normalized spacial score (nSPS) is 21.8. The lowest BCUT2D eigenvalue weighted by Crippen LogP contribution is -2.61. The topological polar surface area (TPSA) is 379 Å². The average molecular weight is 1570 g/mol. The molecule has 12 heterocycles. The zero-order chi connectivity index (χ0) is 80.3. The maximum atomic E-state index is 16.0. The Kier molecular flexibility index (Phi) is 20.9. The van der Waals surface area contributed by atoms with Crippen LogP contribution in [0.1, 0.15) is 221 Å². The predicted octanol–water partition coefficient (Wildman–Crippen LogP) is 11.2. The summed E-state index contributed by atoms with van der Waals surface area (Å²) in [6.45, 7) is 12.0. The molecule has 116 heavy (non-hydrogen) atoms. The van der Waals surface area contributed by atoms with Crippen molar-refractivity contribution in [1.82, 2.24) is 78.0 Å². The van der Waals surface area contributed by atoms with E-state index in [-0.39, 0.29) is 82.3 Å². The minimum Gasteiger partial charge on any atom is -0.341 e. The number of carbonyl (C=O) groups excluding carboxylic acids is 6. The third-order valence-corrected chi connectivity index (χ3v) is 27.1. The van der Waals surface area contributed by atoms with E-state index in [1.165, 1.54) is 41.6 Å². The number of nitriles is 4. The van der Waals surface area contributed by atoms with E-state index in [0.29, 0.717) is 110 Å². The number of aromatic nitrogens is 12. The zero-order valence-electron chi connectivity index (χ0n) is 66.2. The van der Waals surface area contributed by atoms with Gasteiger partial charge in [-0.3, -0.25) is 54.9 Å². The number of hydrogen-bond donors (Lipinski definition) is 4. The molecule has 8 saturated carbocycles. The molecule has 4 spiro atoms. The van der Waals surface area contributed by atoms with Gasteiger partial charge in [0.2, 0.25) is 59.2 Å². The molecule has 12 fully saturated rings. The van der Waals surface area contributed by atoms with E-state index in [1.807, 2.05) is 60.9 Å². The molecule has 4 aliphatic heterocycles. The first-order valence-corrected chi connectivity index (χ1v) is 41.9. The van der Waals surface area contributed by atoms with Gasteiger partial charge >= 0.3 is 0 Å². The van der Waals surface area contributed by atoms with Crippen molar-refractivity contribution in [2.75, 3.05) is 86.7 Å². The average Bonchev–Trinajstić information content (AvgIpc) is 0.954. The first-order chi connectivity index (χ1) is 56.0. The second-order valence-corrected chi connectivity index (χ2v) is 36.3. The van der Waals surface area contributed by atoms with Crippen LogP contribution in [0.4, 0.5) is 28.2 Å². The highest BCUT2D eigenvalue weighted by Crippen LogP contribution is 2.54. The lowest BCUT2D eigenvalue weighted by atomic mass is 9.64. The molecule has 8 aliphatic carbocycles. The van der Waals surface area contributed by atoms with Gasteiger partial charge in [-0.25, -0.2) is 22.5 Å². The Bertz CT molecular complexity index is 5260. The number of fused-ring (bicyclic) bond motifs is 4. The van der Waals surface area contributed by atoms with Gasteiger partial charge in [-0.1, -0.05) is 24.3 Å². The zero-order valence-corrected chi connectivity index (χ0v) is 66.2. The lowest BCUT2D eigenvalue weighted by Gasteiger charge is -2.54. The molecule has 8 aromatic heterocycles. The van der Waals surface area contributed by atoms with Crippen molar-refractivity contribution in [3.63, 3.8) is 0 Å². The maximum absolute atomic E-state index is 16.0. The standard InChI is InChI=1S/C23H28N6O2.C21H23FN6O2.C21H26N6O.C20H24N6O/c1-22(2,12-24)20(31)28-13-23(14-28)10-8-15(9-11-23)17-4-3-5-18-25-21(27-29(17)18)26-19(30)16-6-7-16;22-21(9-7-20(8-10-21)12-27(13-20)17(29)6-11-23)15-2-1-3-16-24-19(26-28(15)16)25-18(30)14-4-5-14;22-11-2-12-26-13-21(14-26)9-7-15(8-10-21)17-3-1-4-18-23-20(25-27(17)18)24-19(28)16-5-6-16;21-10-11-25-12-20(13-25)8-6-14(7-9-20)16-2-1-3-17-22-19(24-26(16)17)23-18(27)15-4-5-15/h3-5,15-16H,6-11,13-14H2,1-2H3,(H,26,27,30);1-3,14H,4-10,12-13H2,(H,25,26,30);1,3-4,15-16H,2,5-10,12-14H2,(H,24,25,28);1-3,14-15H,4-9,11-13H2,(H,23,24,27). The van der Waals surface area contributed by atoms with Gasteiger partial charge in [0.1, 0.15) is 11.8 Å². The highest BCUT2D eigenvalue weighted by molar-refractivity contribution is 5.94. The van der Waals surface area contributed by atoms with Crippen LogP contribution in [0.3, 0.4) is 0 Å². The summed E-state index contributed by atoms with van der Waals surface area (Å²) in [6.07, 6.45) is 23.8. The molecule has 0 atom stereocenters. The number of nitrogens with one attached hydrogen (secondary N) is 4. The van der Waals surface area contributed by atoms with E-state index in [9.17, 15) is 34.0 Å². The van der Waals surface area contributed by atoms with Gasteiger partial charge in [0, 0.05) is 135 Å². The van der Waals surface area contributed by atoms with Crippen LogP contribution in [0.5, 0.6) is 0 Å². The predicted molar refractivity (Wildman–Crippen MR) is 423 cm³/mol. The Morgan fingerprint density at radius 1 is 0.422 bits per heavy atom. The van der Waals surface area contributed by atoms with Crippen LogP contribution in [0.25, 0.3) is 22.6 Å². The van der Waals surface area contributed by atoms with Crippen molar-refractivity contribution in [1.29, 1.82) is 21.0 Å². The second kappa shape index (κ2) is 31.3. The van der Waals surface area contributed by atoms with Gasteiger partial charge in [0.05, 0.1) is 36.5 Å². The summed E-state index contributed by atoms with van der Waals surface area (Å²) < 4.78 is 23.2. The SMILES string of the molecule is CC(C)(C#N)C(=O)N1CC2(CCC(c3cccc4nc(NC(=O)C5CC5)nn34)CC2)C1.N#CCC(=O)N1CC2(CCC(F)(c3cccc4nc(NC(=O)C5CC5)nn34)CC2)C1.N#CCCN1CC2(CCC(c3cccc4nc(NC(=O)C5CC5)nn34)CC2)C1.N#CCN1CC2(CCC(c3cccc4nc(NC(=O)C5CC5)nn34)CC2)C1. The van der Waals surface area contributed by atoms with Gasteiger partial charge in [-0.05, 0) is 227 Å². The fourth-order valence-corrected chi connectivity index (χ4v) is 19.5. The number of halogens is 1. The minimum atomic E-state index is -1.53. The molecule has 30 nitrogen and oxygen atoms in total. The van der Waals surface area contributed by atoms with Gasteiger partial charge in [0.25, 0.3) is 0 Å². The molecular weight excluding hydrogens is 1470 g/mol. The molecule has 8 aromatic rings. The first-order valence-electron chi connectivity index (χ1n) is 41.9. The van der Waals surface area contributed by atoms with Crippen molar-refractivity contribution in [3.8, 4) is 24.3 Å². The first kappa shape index (κ1) is 77.7. The van der Waals surface area contributed by atoms with Crippen LogP contribution >= 0.6 is 0 Å². The van der Waals surface area contributed by atoms with Crippen LogP contribution < -0.4 is 21.3 Å². The van der Waals surface area contributed by atoms with E-state index >= 15 is 4.39 Å². The van der Waals surface area contributed by atoms with Crippen LogP contribution in [-0.2, 0) is 34.4 Å². The fourth-order valence-electron chi connectivity index (χ4n) is 19.5. The van der Waals surface area contributed by atoms with Crippen LogP contribution in [-0.4, -0.2) is 179 Å². The fraction of sp³-hybridized carbons (Fsp3) is 0.600. The van der Waals surface area contributed by atoms with Crippen molar-refractivity contribution in [3.05, 3.63) is 95.6 Å². The number of likely N-dealkylation sites (tertiary alicyclic amines) is 4. The Balaban J connectivity index is 0.000000111. The number of hydrogen-bond acceptors (Lipinski definition) is 20. The number of nitrogens with zero attached hydrogens (tertiary/aromatic N) is 20. The van der Waals surface area contributed by atoms with E-state index in [0.717, 1.165) is 171 Å².